The Morgan fingerprint density at radius 2 is 2.04 bits per heavy atom. The largest absolute Gasteiger partial charge is 0.459 e. The summed E-state index contributed by atoms with van der Waals surface area (Å²) in [6, 6.07) is 4.54. The number of fused-ring (bicyclic) bond motifs is 1. The molecule has 9 heteroatoms. The summed E-state index contributed by atoms with van der Waals surface area (Å²) in [7, 11) is 1.55. The van der Waals surface area contributed by atoms with Gasteiger partial charge in [0.15, 0.2) is 0 Å². The Balaban J connectivity index is 1.51. The fraction of sp³-hybridized carbons (Fsp3) is 0.389. The normalized spacial score (nSPS) is 14.3. The van der Waals surface area contributed by atoms with E-state index in [0.717, 1.165) is 10.5 Å². The molecular weight excluding hydrogens is 352 g/mol. The Bertz CT molecular complexity index is 968. The molecule has 0 radical (unpaired) electrons. The first-order chi connectivity index (χ1) is 12.8. The number of imide groups is 1. The third-order valence-corrected chi connectivity index (χ3v) is 4.24. The second kappa shape index (κ2) is 7.56. The number of urea groups is 1. The second-order valence-corrected chi connectivity index (χ2v) is 6.47. The lowest BCUT2D eigenvalue weighted by Crippen LogP contribution is -2.32. The van der Waals surface area contributed by atoms with Gasteiger partial charge in [-0.1, -0.05) is 6.07 Å². The smallest absolute Gasteiger partial charge is 0.326 e. The number of aryl methyl sites for hydroxylation is 1. The molecule has 27 heavy (non-hydrogen) atoms. The molecule has 1 aliphatic rings. The van der Waals surface area contributed by atoms with E-state index in [1.54, 1.807) is 19.3 Å². The first-order valence-electron chi connectivity index (χ1n) is 8.55. The summed E-state index contributed by atoms with van der Waals surface area (Å²) in [6.07, 6.45) is 2.07. The molecule has 3 heterocycles. The fourth-order valence-corrected chi connectivity index (χ4v) is 2.83. The molecule has 0 atom stereocenters. The molecule has 3 rings (SSSR count). The monoisotopic (exact) mass is 372 g/mol. The van der Waals surface area contributed by atoms with Crippen LogP contribution >= 0.6 is 0 Å². The van der Waals surface area contributed by atoms with Gasteiger partial charge in [0.1, 0.15) is 18.8 Å². The lowest BCUT2D eigenvalue weighted by molar-refractivity contribution is -0.145. The van der Waals surface area contributed by atoms with Crippen LogP contribution in [0, 0.1) is 6.92 Å². The Hall–Kier alpha value is -3.23. The number of aromatic nitrogens is 2. The zero-order valence-electron chi connectivity index (χ0n) is 15.2. The van der Waals surface area contributed by atoms with E-state index in [2.05, 4.69) is 4.98 Å². The van der Waals surface area contributed by atoms with Crippen LogP contribution in [0.3, 0.4) is 0 Å². The molecule has 0 N–H and O–H groups in total. The van der Waals surface area contributed by atoms with Crippen LogP contribution in [0.1, 0.15) is 24.1 Å². The molecule has 0 aliphatic carbocycles. The van der Waals surface area contributed by atoms with E-state index >= 15 is 0 Å². The molecular formula is C18H20N4O5. The summed E-state index contributed by atoms with van der Waals surface area (Å²) >= 11 is 0. The van der Waals surface area contributed by atoms with Crippen molar-refractivity contribution in [3.8, 4) is 0 Å². The van der Waals surface area contributed by atoms with Crippen LogP contribution in [0.4, 0.5) is 4.79 Å². The lowest BCUT2D eigenvalue weighted by atomic mass is 10.3. The van der Waals surface area contributed by atoms with Crippen LogP contribution in [-0.2, 0) is 20.9 Å². The number of hydrogen-bond donors (Lipinski definition) is 0. The molecule has 0 aromatic carbocycles. The van der Waals surface area contributed by atoms with Crippen LogP contribution < -0.4 is 5.56 Å². The predicted octanol–water partition coefficient (Wildman–Crippen LogP) is 0.720. The van der Waals surface area contributed by atoms with Gasteiger partial charge in [-0.3, -0.25) is 23.7 Å². The molecule has 0 saturated carbocycles. The van der Waals surface area contributed by atoms with Gasteiger partial charge in [0.25, 0.3) is 5.56 Å². The van der Waals surface area contributed by atoms with Gasteiger partial charge in [-0.25, -0.2) is 9.78 Å². The molecule has 2 aromatic heterocycles. The highest BCUT2D eigenvalue weighted by molar-refractivity contribution is 6.01. The summed E-state index contributed by atoms with van der Waals surface area (Å²) in [6.45, 7) is 2.00. The first kappa shape index (κ1) is 18.6. The topological polar surface area (TPSA) is 101 Å². The van der Waals surface area contributed by atoms with E-state index in [1.165, 1.54) is 15.4 Å². The van der Waals surface area contributed by atoms with E-state index < -0.39 is 5.97 Å². The van der Waals surface area contributed by atoms with Crippen molar-refractivity contribution in [3.63, 3.8) is 0 Å². The van der Waals surface area contributed by atoms with Crippen LogP contribution in [0.5, 0.6) is 0 Å². The SMILES string of the molecule is Cc1ccc2nc(COC(=O)CCCN3C(=O)CN(C)C3=O)cc(=O)n2c1. The van der Waals surface area contributed by atoms with Crippen molar-refractivity contribution in [1.29, 1.82) is 0 Å². The molecule has 0 unspecified atom stereocenters. The molecule has 3 amide bonds. The zero-order chi connectivity index (χ0) is 19.6. The van der Waals surface area contributed by atoms with Crippen molar-refractivity contribution >= 4 is 23.6 Å². The van der Waals surface area contributed by atoms with Crippen molar-refractivity contribution in [2.24, 2.45) is 0 Å². The number of ether oxygens (including phenoxy) is 1. The first-order valence-corrected chi connectivity index (χ1v) is 8.55. The van der Waals surface area contributed by atoms with E-state index in [-0.39, 0.29) is 43.6 Å². The second-order valence-electron chi connectivity index (χ2n) is 6.47. The number of esters is 1. The minimum absolute atomic E-state index is 0.0615. The third-order valence-electron chi connectivity index (χ3n) is 4.24. The highest BCUT2D eigenvalue weighted by Crippen LogP contribution is 2.10. The molecule has 0 spiro atoms. The maximum absolute atomic E-state index is 12.1. The quantitative estimate of drug-likeness (QED) is 0.547. The molecule has 1 fully saturated rings. The Labute approximate surface area is 155 Å². The minimum atomic E-state index is -0.478. The van der Waals surface area contributed by atoms with Gasteiger partial charge in [-0.15, -0.1) is 0 Å². The van der Waals surface area contributed by atoms with Crippen LogP contribution in [0.2, 0.25) is 0 Å². The maximum Gasteiger partial charge on any atom is 0.326 e. The predicted molar refractivity (Wildman–Crippen MR) is 95.0 cm³/mol. The Kier molecular flexibility index (Phi) is 5.20. The molecule has 1 saturated heterocycles. The number of hydrogen-bond acceptors (Lipinski definition) is 6. The summed E-state index contributed by atoms with van der Waals surface area (Å²) < 4.78 is 6.58. The lowest BCUT2D eigenvalue weighted by Gasteiger charge is -2.13. The number of amides is 3. The highest BCUT2D eigenvalue weighted by Gasteiger charge is 2.32. The Morgan fingerprint density at radius 1 is 1.26 bits per heavy atom. The standard InChI is InChI=1S/C18H20N4O5/c1-12-5-6-14-19-13(8-15(23)22(14)9-12)11-27-17(25)4-3-7-21-16(24)10-20(2)18(21)26/h5-6,8-9H,3-4,7,10-11H2,1-2H3. The van der Waals surface area contributed by atoms with E-state index in [4.69, 9.17) is 4.74 Å². The third kappa shape index (κ3) is 4.13. The van der Waals surface area contributed by atoms with Crippen molar-refractivity contribution in [2.45, 2.75) is 26.4 Å². The van der Waals surface area contributed by atoms with Crippen molar-refractivity contribution in [2.75, 3.05) is 20.1 Å². The van der Waals surface area contributed by atoms with Gasteiger partial charge in [-0.2, -0.15) is 0 Å². The summed E-state index contributed by atoms with van der Waals surface area (Å²) in [4.78, 5) is 54.1. The highest BCUT2D eigenvalue weighted by atomic mass is 16.5. The van der Waals surface area contributed by atoms with E-state index in [1.807, 2.05) is 13.0 Å². The summed E-state index contributed by atoms with van der Waals surface area (Å²) in [5, 5.41) is 0. The van der Waals surface area contributed by atoms with Gasteiger partial charge in [0.05, 0.1) is 5.69 Å². The number of likely N-dealkylation sites (N-methyl/N-ethyl adjacent to an activating group) is 1. The summed E-state index contributed by atoms with van der Waals surface area (Å²) in [5.74, 6) is -0.750. The summed E-state index contributed by atoms with van der Waals surface area (Å²) in [5.41, 5.74) is 1.54. The molecule has 142 valence electrons. The van der Waals surface area contributed by atoms with Gasteiger partial charge in [0, 0.05) is 32.3 Å². The molecule has 0 bridgehead atoms. The number of pyridine rings is 1. The van der Waals surface area contributed by atoms with Gasteiger partial charge in [0.2, 0.25) is 5.91 Å². The number of rotatable bonds is 6. The number of carbonyl (C=O) groups excluding carboxylic acids is 3. The minimum Gasteiger partial charge on any atom is -0.459 e. The van der Waals surface area contributed by atoms with Crippen LogP contribution in [0.25, 0.3) is 5.65 Å². The van der Waals surface area contributed by atoms with Gasteiger partial charge < -0.3 is 9.64 Å². The molecule has 2 aromatic rings. The van der Waals surface area contributed by atoms with E-state index in [0.29, 0.717) is 17.8 Å². The Morgan fingerprint density at radius 3 is 2.74 bits per heavy atom. The van der Waals surface area contributed by atoms with Crippen LogP contribution in [-0.4, -0.2) is 57.2 Å². The van der Waals surface area contributed by atoms with Crippen molar-refractivity contribution in [1.82, 2.24) is 19.2 Å². The molecule has 1 aliphatic heterocycles. The maximum atomic E-state index is 12.1. The molecule has 9 nitrogen and oxygen atoms in total. The number of carbonyl (C=O) groups is 3. The average molecular weight is 372 g/mol. The van der Waals surface area contributed by atoms with Crippen LogP contribution in [0.15, 0.2) is 29.2 Å². The number of nitrogens with zero attached hydrogens (tertiary/aromatic N) is 4. The zero-order valence-corrected chi connectivity index (χ0v) is 15.2. The van der Waals surface area contributed by atoms with Gasteiger partial charge >= 0.3 is 12.0 Å². The van der Waals surface area contributed by atoms with Crippen molar-refractivity contribution < 1.29 is 19.1 Å². The average Bonchev–Trinajstić information content (AvgIpc) is 2.86. The fourth-order valence-electron chi connectivity index (χ4n) is 2.83. The van der Waals surface area contributed by atoms with Crippen molar-refractivity contribution in [3.05, 3.63) is 46.0 Å². The van der Waals surface area contributed by atoms with Gasteiger partial charge in [-0.05, 0) is 25.0 Å². The van der Waals surface area contributed by atoms with E-state index in [9.17, 15) is 19.2 Å².